The molecule has 0 amide bonds. The van der Waals surface area contributed by atoms with Gasteiger partial charge < -0.3 is 15.7 Å². The van der Waals surface area contributed by atoms with Crippen molar-refractivity contribution in [1.29, 1.82) is 0 Å². The van der Waals surface area contributed by atoms with Gasteiger partial charge in [0.05, 0.1) is 12.1 Å². The molecule has 0 aromatic heterocycles. The Morgan fingerprint density at radius 3 is 1.82 bits per heavy atom. The van der Waals surface area contributed by atoms with Crippen LogP contribution in [0.4, 0.5) is 26.3 Å². The molecule has 2 unspecified atom stereocenters. The molecule has 0 bridgehead atoms. The summed E-state index contributed by atoms with van der Waals surface area (Å²) in [5, 5.41) is 11.8. The zero-order chi connectivity index (χ0) is 32.1. The second-order valence-corrected chi connectivity index (χ2v) is 10.1. The first-order chi connectivity index (χ1) is 20.3. The fourth-order valence-corrected chi connectivity index (χ4v) is 4.62. The predicted molar refractivity (Wildman–Crippen MR) is 173 cm³/mol. The molecule has 2 heterocycles. The molecule has 0 radical (unpaired) electrons. The van der Waals surface area contributed by atoms with Gasteiger partial charge in [0, 0.05) is 27.4 Å². The zero-order valence-electron chi connectivity index (χ0n) is 23.6. The summed E-state index contributed by atoms with van der Waals surface area (Å²) >= 11 is 6.82. The van der Waals surface area contributed by atoms with Crippen molar-refractivity contribution in [3.63, 3.8) is 0 Å². The third-order valence-corrected chi connectivity index (χ3v) is 6.67. The van der Waals surface area contributed by atoms with E-state index in [1.807, 2.05) is 44.2 Å². The van der Waals surface area contributed by atoms with Crippen molar-refractivity contribution in [3.05, 3.63) is 68.6 Å². The topological polar surface area (TPSA) is 89.1 Å². The van der Waals surface area contributed by atoms with E-state index in [2.05, 4.69) is 71.3 Å². The first kappa shape index (κ1) is 46.7. The van der Waals surface area contributed by atoms with Gasteiger partial charge in [0.2, 0.25) is 13.9 Å². The third kappa shape index (κ3) is 17.7. The number of hydrogen-bond acceptors (Lipinski definition) is 6. The molecule has 2 saturated carbocycles. The largest absolute Gasteiger partial charge is 0.396 e. The summed E-state index contributed by atoms with van der Waals surface area (Å²) in [4.78, 5) is 9.98. The lowest BCUT2D eigenvalue weighted by Gasteiger charge is -2.11. The molecule has 14 heteroatoms. The van der Waals surface area contributed by atoms with Crippen LogP contribution in [-0.2, 0) is 16.1 Å². The van der Waals surface area contributed by atoms with Crippen LogP contribution < -0.4 is 11.2 Å². The number of alkyl halides is 6. The Bertz CT molecular complexity index is 1010. The average Bonchev–Trinajstić information content (AvgIpc) is 3.86. The van der Waals surface area contributed by atoms with Crippen LogP contribution in [0.3, 0.4) is 0 Å². The van der Waals surface area contributed by atoms with Crippen LogP contribution in [0.15, 0.2) is 62.6 Å². The standard InChI is InChI=1S/C10H10BrNO.C8H9BrO.C5H5F2NO.C2H6.2CH2F2.CH5N.2CH4/c11-7-3-1-2-6(4-7)10-8-5-9(8)13-12-10;9-8-3-1-2-7(6-8)4-5-10;6-5(7)4-2-1-3(2)9-8-4;1-2;2*2-1-3;1-2;;/h1-4,8-10,12H,5H2;1-3,6,10H,4-5H2;2-3,5H,1H2;1-2H3;2*1H2;2H2,1H3;2*1H4/t8-,9+,10+;;;;;;;;/m0......../s1. The van der Waals surface area contributed by atoms with Crippen molar-refractivity contribution in [3.8, 4) is 0 Å². The molecule has 2 aliphatic heterocycles. The fraction of sp³-hybridized carbons (Fsp3) is 0.567. The second-order valence-electron chi connectivity index (χ2n) is 8.31. The number of hydrogen-bond donors (Lipinski definition) is 3. The minimum atomic E-state index is -2.41. The number of aliphatic hydroxyl groups excluding tert-OH is 1. The van der Waals surface area contributed by atoms with Crippen LogP contribution in [0.1, 0.15) is 58.7 Å². The Morgan fingerprint density at radius 1 is 0.932 bits per heavy atom. The Hall–Kier alpha value is -1.71. The van der Waals surface area contributed by atoms with Crippen LogP contribution >= 0.6 is 31.9 Å². The number of halogens is 8. The van der Waals surface area contributed by atoms with E-state index in [4.69, 9.17) is 9.94 Å². The van der Waals surface area contributed by atoms with E-state index in [-0.39, 0.29) is 39.2 Å². The van der Waals surface area contributed by atoms with E-state index in [1.54, 1.807) is 0 Å². The van der Waals surface area contributed by atoms with Gasteiger partial charge in [0.1, 0.15) is 11.8 Å². The van der Waals surface area contributed by atoms with Gasteiger partial charge in [0.25, 0.3) is 6.43 Å². The van der Waals surface area contributed by atoms with Crippen molar-refractivity contribution < 1.29 is 41.1 Å². The molecule has 3 fully saturated rings. The summed E-state index contributed by atoms with van der Waals surface area (Å²) in [6.45, 7) is 0.719. The minimum absolute atomic E-state index is 0. The van der Waals surface area contributed by atoms with Crippen LogP contribution in [0, 0.1) is 11.8 Å². The second kappa shape index (κ2) is 27.6. The highest BCUT2D eigenvalue weighted by Crippen LogP contribution is 2.48. The number of hydroxylamine groups is 1. The lowest BCUT2D eigenvalue weighted by molar-refractivity contribution is 0.0481. The third-order valence-electron chi connectivity index (χ3n) is 5.68. The van der Waals surface area contributed by atoms with Crippen molar-refractivity contribution >= 4 is 37.6 Å². The monoisotopic (exact) mass is 769 g/mol. The lowest BCUT2D eigenvalue weighted by Crippen LogP contribution is -2.16. The maximum atomic E-state index is 11.8. The molecule has 2 aromatic carbocycles. The molecule has 4 N–H and O–H groups in total. The highest BCUT2D eigenvalue weighted by atomic mass is 79.9. The molecule has 0 spiro atoms. The van der Waals surface area contributed by atoms with Crippen molar-refractivity contribution in [2.24, 2.45) is 22.7 Å². The number of nitrogens with two attached hydrogens (primary N) is 1. The maximum absolute atomic E-state index is 11.8. The summed E-state index contributed by atoms with van der Waals surface area (Å²) in [7, 11) is 1.50. The summed E-state index contributed by atoms with van der Waals surface area (Å²) < 4.78 is 64.3. The molecule has 256 valence electrons. The molecule has 2 aromatic rings. The normalized spacial score (nSPS) is 21.7. The van der Waals surface area contributed by atoms with Crippen LogP contribution in [0.5, 0.6) is 0 Å². The van der Waals surface area contributed by atoms with Gasteiger partial charge in [0.15, 0.2) is 0 Å². The molecule has 6 nitrogen and oxygen atoms in total. The number of aliphatic hydroxyl groups is 1. The molecule has 5 atom stereocenters. The number of oxime groups is 1. The molecular weight excluding hydrogens is 724 g/mol. The van der Waals surface area contributed by atoms with Crippen molar-refractivity contribution in [2.45, 2.75) is 72.6 Å². The summed E-state index contributed by atoms with van der Waals surface area (Å²) in [5.74, 6) is 0.652. The molecular formula is C30H47Br2F6N3O3. The highest BCUT2D eigenvalue weighted by molar-refractivity contribution is 9.10. The van der Waals surface area contributed by atoms with Gasteiger partial charge in [-0.2, -0.15) is 5.48 Å². The number of rotatable bonds is 4. The van der Waals surface area contributed by atoms with Gasteiger partial charge in [-0.3, -0.25) is 4.84 Å². The van der Waals surface area contributed by atoms with E-state index in [9.17, 15) is 26.3 Å². The molecule has 4 aliphatic rings. The van der Waals surface area contributed by atoms with Crippen LogP contribution in [-0.4, -0.2) is 57.0 Å². The van der Waals surface area contributed by atoms with Gasteiger partial charge >= 0.3 is 0 Å². The van der Waals surface area contributed by atoms with Crippen LogP contribution in [0.25, 0.3) is 0 Å². The van der Waals surface area contributed by atoms with E-state index < -0.39 is 20.3 Å². The molecule has 2 aliphatic carbocycles. The SMILES string of the molecule is Brc1cccc([C@H]2NO[C@@H]3C[C@H]23)c1.C.C.CC.CN.FC(F)C1=NOC2CC12.FCF.FCF.OCCc1cccc(Br)c1. The number of nitrogens with one attached hydrogen (secondary N) is 1. The predicted octanol–water partition coefficient (Wildman–Crippen LogP) is 9.06. The van der Waals surface area contributed by atoms with E-state index in [0.29, 0.717) is 18.1 Å². The van der Waals surface area contributed by atoms with Gasteiger partial charge in [-0.15, -0.1) is 0 Å². The minimum Gasteiger partial charge on any atom is -0.396 e. The van der Waals surface area contributed by atoms with Gasteiger partial charge in [-0.05, 0) is 61.7 Å². The van der Waals surface area contributed by atoms with E-state index in [1.165, 1.54) is 19.0 Å². The van der Waals surface area contributed by atoms with E-state index in [0.717, 1.165) is 27.4 Å². The van der Waals surface area contributed by atoms with Crippen molar-refractivity contribution in [1.82, 2.24) is 5.48 Å². The van der Waals surface area contributed by atoms with Gasteiger partial charge in [-0.1, -0.05) is 90.0 Å². The zero-order valence-corrected chi connectivity index (χ0v) is 26.8. The first-order valence-electron chi connectivity index (χ1n) is 13.1. The average molecular weight is 772 g/mol. The summed E-state index contributed by atoms with van der Waals surface area (Å²) in [5.41, 5.74) is 10.0. The van der Waals surface area contributed by atoms with Crippen molar-refractivity contribution in [2.75, 3.05) is 27.5 Å². The first-order valence-corrected chi connectivity index (χ1v) is 14.7. The Kier molecular flexibility index (Phi) is 29.3. The molecule has 1 saturated heterocycles. The quantitative estimate of drug-likeness (QED) is 0.270. The van der Waals surface area contributed by atoms with Gasteiger partial charge in [-0.25, -0.2) is 26.3 Å². The summed E-state index contributed by atoms with van der Waals surface area (Å²) in [6.07, 6.45) is 0.743. The number of nitrogens with zero attached hydrogens (tertiary/aromatic N) is 1. The van der Waals surface area contributed by atoms with Crippen LogP contribution in [0.2, 0.25) is 0 Å². The maximum Gasteiger partial charge on any atom is 0.280 e. The Labute approximate surface area is 275 Å². The Morgan fingerprint density at radius 2 is 1.48 bits per heavy atom. The molecule has 6 rings (SSSR count). The fourth-order valence-electron chi connectivity index (χ4n) is 3.76. The number of benzene rings is 2. The van der Waals surface area contributed by atoms with E-state index >= 15 is 0 Å². The lowest BCUT2D eigenvalue weighted by atomic mass is 10.0. The number of fused-ring (bicyclic) bond motifs is 2. The molecule has 44 heavy (non-hydrogen) atoms. The highest BCUT2D eigenvalue weighted by Gasteiger charge is 2.52. The smallest absolute Gasteiger partial charge is 0.280 e. The Balaban J connectivity index is -0.000000496. The summed E-state index contributed by atoms with van der Waals surface area (Å²) in [6, 6.07) is 16.8.